The molecule has 3 fully saturated rings. The Morgan fingerprint density at radius 1 is 1.12 bits per heavy atom. The molecule has 2 atom stereocenters. The maximum atomic E-state index is 10.2. The molecule has 2 N–H and O–H groups in total. The van der Waals surface area contributed by atoms with Gasteiger partial charge in [-0.2, -0.15) is 0 Å². The van der Waals surface area contributed by atoms with Crippen LogP contribution >= 0.6 is 0 Å². The molecule has 1 aliphatic heterocycles. The van der Waals surface area contributed by atoms with E-state index < -0.39 is 0 Å². The van der Waals surface area contributed by atoms with Gasteiger partial charge in [0, 0.05) is 24.7 Å². The van der Waals surface area contributed by atoms with Gasteiger partial charge in [-0.25, -0.2) is 0 Å². The zero-order chi connectivity index (χ0) is 16.4. The van der Waals surface area contributed by atoms with Crippen molar-refractivity contribution in [3.05, 3.63) is 35.9 Å². The van der Waals surface area contributed by atoms with E-state index in [1.165, 1.54) is 44.2 Å². The van der Waals surface area contributed by atoms with Crippen LogP contribution in [0.25, 0.3) is 0 Å². The maximum Gasteiger partial charge on any atom is 0.0648 e. The first-order valence-electron chi connectivity index (χ1n) is 10.00. The summed E-state index contributed by atoms with van der Waals surface area (Å²) in [6, 6.07) is 13.1. The number of likely N-dealkylation sites (tertiary alicyclic amines) is 1. The topological polar surface area (TPSA) is 35.5 Å². The van der Waals surface area contributed by atoms with Crippen LogP contribution < -0.4 is 5.32 Å². The van der Waals surface area contributed by atoms with Gasteiger partial charge in [-0.15, -0.1) is 0 Å². The van der Waals surface area contributed by atoms with E-state index in [0.717, 1.165) is 38.3 Å². The lowest BCUT2D eigenvalue weighted by Crippen LogP contribution is -2.45. The smallest absolute Gasteiger partial charge is 0.0648 e. The fourth-order valence-electron chi connectivity index (χ4n) is 4.57. The molecule has 1 aromatic carbocycles. The van der Waals surface area contributed by atoms with Gasteiger partial charge >= 0.3 is 0 Å². The van der Waals surface area contributed by atoms with Crippen LogP contribution in [0.2, 0.25) is 0 Å². The lowest BCUT2D eigenvalue weighted by molar-refractivity contribution is -0.0416. The second-order valence-corrected chi connectivity index (χ2v) is 8.25. The fourth-order valence-corrected chi connectivity index (χ4v) is 4.57. The number of hydrogen-bond donors (Lipinski definition) is 2. The monoisotopic (exact) mass is 328 g/mol. The molecule has 2 unspecified atom stereocenters. The molecule has 24 heavy (non-hydrogen) atoms. The SMILES string of the molecule is OC1(CCCNC2CCN(C3CC3)C(c3ccccc3)C2)CCC1. The average molecular weight is 329 g/mol. The van der Waals surface area contributed by atoms with E-state index in [9.17, 15) is 5.11 Å². The standard InChI is InChI=1S/C21H32N2O/c24-21(11-4-12-21)13-5-14-22-18-10-15-23(19-8-9-19)20(16-18)17-6-2-1-3-7-17/h1-3,6-7,18-20,22,24H,4-5,8-16H2. The van der Waals surface area contributed by atoms with Crippen molar-refractivity contribution in [1.82, 2.24) is 10.2 Å². The van der Waals surface area contributed by atoms with Gasteiger partial charge in [0.15, 0.2) is 0 Å². The highest BCUT2D eigenvalue weighted by molar-refractivity contribution is 5.21. The Balaban J connectivity index is 1.29. The van der Waals surface area contributed by atoms with Crippen LogP contribution in [0.1, 0.15) is 69.4 Å². The number of hydrogen-bond acceptors (Lipinski definition) is 3. The Morgan fingerprint density at radius 3 is 2.58 bits per heavy atom. The second kappa shape index (κ2) is 7.15. The van der Waals surface area contributed by atoms with Crippen molar-refractivity contribution < 1.29 is 5.11 Å². The number of nitrogens with one attached hydrogen (secondary N) is 1. The van der Waals surface area contributed by atoms with Crippen LogP contribution in [0.4, 0.5) is 0 Å². The Hall–Kier alpha value is -0.900. The summed E-state index contributed by atoms with van der Waals surface area (Å²) in [7, 11) is 0. The number of benzene rings is 1. The molecule has 2 saturated carbocycles. The highest BCUT2D eigenvalue weighted by Gasteiger charge is 2.38. The van der Waals surface area contributed by atoms with Crippen molar-refractivity contribution in [3.8, 4) is 0 Å². The van der Waals surface area contributed by atoms with Crippen molar-refractivity contribution in [2.24, 2.45) is 0 Å². The highest BCUT2D eigenvalue weighted by Crippen LogP contribution is 2.40. The first-order chi connectivity index (χ1) is 11.7. The fraction of sp³-hybridized carbons (Fsp3) is 0.714. The summed E-state index contributed by atoms with van der Waals surface area (Å²) in [5.41, 5.74) is 1.17. The number of piperidine rings is 1. The number of nitrogens with zero attached hydrogens (tertiary/aromatic N) is 1. The first kappa shape index (κ1) is 16.6. The average Bonchev–Trinajstić information content (AvgIpc) is 3.43. The molecule has 0 aromatic heterocycles. The zero-order valence-electron chi connectivity index (χ0n) is 14.8. The predicted octanol–water partition coefficient (Wildman–Crippen LogP) is 3.64. The molecule has 0 radical (unpaired) electrons. The van der Waals surface area contributed by atoms with E-state index in [4.69, 9.17) is 0 Å². The first-order valence-corrected chi connectivity index (χ1v) is 10.00. The van der Waals surface area contributed by atoms with E-state index in [1.807, 2.05) is 0 Å². The molecule has 132 valence electrons. The lowest BCUT2D eigenvalue weighted by atomic mass is 9.77. The van der Waals surface area contributed by atoms with E-state index >= 15 is 0 Å². The van der Waals surface area contributed by atoms with Gasteiger partial charge in [0.05, 0.1) is 5.60 Å². The molecule has 1 heterocycles. The van der Waals surface area contributed by atoms with Gasteiger partial charge in [0.1, 0.15) is 0 Å². The number of rotatable bonds is 7. The molecule has 1 aromatic rings. The summed E-state index contributed by atoms with van der Waals surface area (Å²) in [4.78, 5) is 2.75. The van der Waals surface area contributed by atoms with Crippen molar-refractivity contribution in [2.45, 2.75) is 81.5 Å². The van der Waals surface area contributed by atoms with E-state index in [2.05, 4.69) is 40.5 Å². The largest absolute Gasteiger partial charge is 0.390 e. The molecule has 3 nitrogen and oxygen atoms in total. The van der Waals surface area contributed by atoms with Gasteiger partial charge in [0.2, 0.25) is 0 Å². The summed E-state index contributed by atoms with van der Waals surface area (Å²) < 4.78 is 0. The van der Waals surface area contributed by atoms with Crippen LogP contribution in [-0.4, -0.2) is 40.8 Å². The molecule has 0 amide bonds. The van der Waals surface area contributed by atoms with Gasteiger partial charge in [-0.1, -0.05) is 30.3 Å². The van der Waals surface area contributed by atoms with Crippen LogP contribution in [-0.2, 0) is 0 Å². The van der Waals surface area contributed by atoms with Gasteiger partial charge in [-0.05, 0) is 69.9 Å². The second-order valence-electron chi connectivity index (χ2n) is 8.25. The minimum Gasteiger partial charge on any atom is -0.390 e. The minimum absolute atomic E-state index is 0.316. The Kier molecular flexibility index (Phi) is 4.93. The van der Waals surface area contributed by atoms with Gasteiger partial charge in [0.25, 0.3) is 0 Å². The predicted molar refractivity (Wildman–Crippen MR) is 98.0 cm³/mol. The molecule has 3 aliphatic rings. The number of aliphatic hydroxyl groups is 1. The zero-order valence-corrected chi connectivity index (χ0v) is 14.8. The van der Waals surface area contributed by atoms with Crippen LogP contribution in [0.5, 0.6) is 0 Å². The molecule has 1 saturated heterocycles. The lowest BCUT2D eigenvalue weighted by Gasteiger charge is -2.41. The molecular weight excluding hydrogens is 296 g/mol. The summed E-state index contributed by atoms with van der Waals surface area (Å²) in [5.74, 6) is 0. The summed E-state index contributed by atoms with van der Waals surface area (Å²) in [6.45, 7) is 2.28. The van der Waals surface area contributed by atoms with E-state index in [-0.39, 0.29) is 5.60 Å². The minimum atomic E-state index is -0.316. The molecule has 0 spiro atoms. The van der Waals surface area contributed by atoms with Gasteiger partial charge in [-0.3, -0.25) is 4.90 Å². The Morgan fingerprint density at radius 2 is 1.92 bits per heavy atom. The third kappa shape index (κ3) is 3.84. The van der Waals surface area contributed by atoms with Crippen molar-refractivity contribution in [1.29, 1.82) is 0 Å². The van der Waals surface area contributed by atoms with E-state index in [1.54, 1.807) is 0 Å². The van der Waals surface area contributed by atoms with E-state index in [0.29, 0.717) is 12.1 Å². The van der Waals surface area contributed by atoms with Crippen LogP contribution in [0.15, 0.2) is 30.3 Å². The normalized spacial score (nSPS) is 30.0. The quantitative estimate of drug-likeness (QED) is 0.750. The highest BCUT2D eigenvalue weighted by atomic mass is 16.3. The van der Waals surface area contributed by atoms with Crippen LogP contribution in [0.3, 0.4) is 0 Å². The molecule has 3 heteroatoms. The summed E-state index contributed by atoms with van der Waals surface area (Å²) in [5, 5.41) is 14.0. The maximum absolute atomic E-state index is 10.2. The van der Waals surface area contributed by atoms with Crippen molar-refractivity contribution >= 4 is 0 Å². The summed E-state index contributed by atoms with van der Waals surface area (Å²) in [6.07, 6.45) is 10.6. The summed E-state index contributed by atoms with van der Waals surface area (Å²) >= 11 is 0. The molecule has 0 bridgehead atoms. The third-order valence-corrected chi connectivity index (χ3v) is 6.38. The van der Waals surface area contributed by atoms with Crippen molar-refractivity contribution in [2.75, 3.05) is 13.1 Å². The molecular formula is C21H32N2O. The van der Waals surface area contributed by atoms with Crippen molar-refractivity contribution in [3.63, 3.8) is 0 Å². The Bertz CT molecular complexity index is 524. The molecule has 2 aliphatic carbocycles. The van der Waals surface area contributed by atoms with Gasteiger partial charge < -0.3 is 10.4 Å². The Labute approximate surface area is 146 Å². The molecule has 4 rings (SSSR count). The van der Waals surface area contributed by atoms with Crippen LogP contribution in [0, 0.1) is 0 Å². The third-order valence-electron chi connectivity index (χ3n) is 6.38.